The van der Waals surface area contributed by atoms with Crippen LogP contribution in [0.15, 0.2) is 48.5 Å². The molecule has 1 atom stereocenters. The van der Waals surface area contributed by atoms with Crippen molar-refractivity contribution in [2.24, 2.45) is 0 Å². The van der Waals surface area contributed by atoms with Crippen molar-refractivity contribution in [1.29, 1.82) is 0 Å². The fraction of sp³-hybridized carbons (Fsp3) is 0.333. The predicted molar refractivity (Wildman–Crippen MR) is 104 cm³/mol. The number of hydrogen-bond donors (Lipinski definition) is 1. The highest BCUT2D eigenvalue weighted by Gasteiger charge is 2.39. The molecule has 2 aromatic rings. The third kappa shape index (κ3) is 4.39. The number of carbonyl (C=O) groups is 2. The summed E-state index contributed by atoms with van der Waals surface area (Å²) in [7, 11) is 1.60. The zero-order valence-corrected chi connectivity index (χ0v) is 15.6. The van der Waals surface area contributed by atoms with Gasteiger partial charge < -0.3 is 14.8 Å². The Balaban J connectivity index is 1.66. The third-order valence-electron chi connectivity index (χ3n) is 4.44. The van der Waals surface area contributed by atoms with Crippen molar-refractivity contribution in [3.05, 3.63) is 48.5 Å². The topological polar surface area (TPSA) is 67.9 Å². The maximum absolute atomic E-state index is 12.7. The summed E-state index contributed by atoms with van der Waals surface area (Å²) in [5, 5.41) is 3.13. The van der Waals surface area contributed by atoms with E-state index in [1.807, 2.05) is 12.1 Å². The molecule has 2 aromatic carbocycles. The summed E-state index contributed by atoms with van der Waals surface area (Å²) in [5.74, 6) is 0.998. The summed E-state index contributed by atoms with van der Waals surface area (Å²) in [4.78, 5) is 26.4. The smallest absolute Gasteiger partial charge is 0.256 e. The lowest BCUT2D eigenvalue weighted by molar-refractivity contribution is -0.121. The zero-order valence-electron chi connectivity index (χ0n) is 15.6. The molecule has 1 fully saturated rings. The van der Waals surface area contributed by atoms with E-state index in [1.165, 1.54) is 4.90 Å². The molecule has 0 saturated carbocycles. The van der Waals surface area contributed by atoms with E-state index < -0.39 is 6.04 Å². The Morgan fingerprint density at radius 3 is 2.33 bits per heavy atom. The number of nitrogens with one attached hydrogen (secondary N) is 1. The first-order valence-electron chi connectivity index (χ1n) is 9.12. The van der Waals surface area contributed by atoms with Gasteiger partial charge in [0.05, 0.1) is 25.8 Å². The number of amides is 2. The van der Waals surface area contributed by atoms with Crippen molar-refractivity contribution in [3.63, 3.8) is 0 Å². The van der Waals surface area contributed by atoms with Gasteiger partial charge in [-0.05, 0) is 55.0 Å². The van der Waals surface area contributed by atoms with E-state index in [0.717, 1.165) is 30.0 Å². The number of anilines is 2. The van der Waals surface area contributed by atoms with E-state index >= 15 is 0 Å². The van der Waals surface area contributed by atoms with Crippen LogP contribution in [0.2, 0.25) is 0 Å². The average Bonchev–Trinajstić information content (AvgIpc) is 2.96. The number of nitrogens with zero attached hydrogens (tertiary/aromatic N) is 1. The van der Waals surface area contributed by atoms with Crippen LogP contribution in [0.4, 0.5) is 11.4 Å². The normalized spacial score (nSPS) is 16.5. The first-order chi connectivity index (χ1) is 13.1. The van der Waals surface area contributed by atoms with Gasteiger partial charge in [0.2, 0.25) is 5.91 Å². The van der Waals surface area contributed by atoms with E-state index in [-0.39, 0.29) is 18.2 Å². The quantitative estimate of drug-likeness (QED) is 0.569. The SMILES string of the molecule is CCCCOc1ccc(N2C(=O)C[C@H](Nc3ccc(OC)cc3)C2=O)cc1. The second kappa shape index (κ2) is 8.58. The molecule has 1 N–H and O–H groups in total. The zero-order chi connectivity index (χ0) is 19.2. The maximum Gasteiger partial charge on any atom is 0.256 e. The van der Waals surface area contributed by atoms with E-state index in [1.54, 1.807) is 43.5 Å². The molecular formula is C21H24N2O4. The van der Waals surface area contributed by atoms with Crippen LogP contribution in [0.25, 0.3) is 0 Å². The van der Waals surface area contributed by atoms with Crippen LogP contribution in [0.1, 0.15) is 26.2 Å². The monoisotopic (exact) mass is 368 g/mol. The number of methoxy groups -OCH3 is 1. The van der Waals surface area contributed by atoms with Crippen molar-refractivity contribution in [3.8, 4) is 11.5 Å². The van der Waals surface area contributed by atoms with Crippen molar-refractivity contribution < 1.29 is 19.1 Å². The van der Waals surface area contributed by atoms with Crippen LogP contribution in [-0.4, -0.2) is 31.6 Å². The van der Waals surface area contributed by atoms with Crippen LogP contribution in [0, 0.1) is 0 Å². The van der Waals surface area contributed by atoms with E-state index in [4.69, 9.17) is 9.47 Å². The molecule has 1 aliphatic rings. The molecule has 1 heterocycles. The number of unbranched alkanes of at least 4 members (excludes halogenated alkanes) is 1. The van der Waals surface area contributed by atoms with Crippen LogP contribution in [0.3, 0.4) is 0 Å². The van der Waals surface area contributed by atoms with Gasteiger partial charge in [-0.3, -0.25) is 9.59 Å². The molecule has 1 aliphatic heterocycles. The minimum atomic E-state index is -0.577. The van der Waals surface area contributed by atoms with Gasteiger partial charge in [-0.25, -0.2) is 4.90 Å². The standard InChI is InChI=1S/C21H24N2O4/c1-3-4-13-27-18-11-7-16(8-12-18)23-20(24)14-19(21(23)25)22-15-5-9-17(26-2)10-6-15/h5-12,19,22H,3-4,13-14H2,1-2H3/t19-/m0/s1. The molecule has 0 aliphatic carbocycles. The molecule has 1 saturated heterocycles. The molecule has 6 heteroatoms. The summed E-state index contributed by atoms with van der Waals surface area (Å²) >= 11 is 0. The highest BCUT2D eigenvalue weighted by molar-refractivity contribution is 6.23. The second-order valence-electron chi connectivity index (χ2n) is 6.39. The minimum Gasteiger partial charge on any atom is -0.497 e. The van der Waals surface area contributed by atoms with Crippen molar-refractivity contribution >= 4 is 23.2 Å². The van der Waals surface area contributed by atoms with Gasteiger partial charge in [0.15, 0.2) is 0 Å². The Labute approximate surface area is 159 Å². The Hall–Kier alpha value is -3.02. The van der Waals surface area contributed by atoms with E-state index in [9.17, 15) is 9.59 Å². The molecule has 0 unspecified atom stereocenters. The van der Waals surface area contributed by atoms with Gasteiger partial charge in [0.25, 0.3) is 5.91 Å². The Kier molecular flexibility index (Phi) is 5.96. The van der Waals surface area contributed by atoms with E-state index in [2.05, 4.69) is 12.2 Å². The van der Waals surface area contributed by atoms with Gasteiger partial charge in [-0.1, -0.05) is 13.3 Å². The summed E-state index contributed by atoms with van der Waals surface area (Å²) in [6, 6.07) is 13.7. The summed E-state index contributed by atoms with van der Waals surface area (Å²) in [6.07, 6.45) is 2.18. The first kappa shape index (κ1) is 18.8. The highest BCUT2D eigenvalue weighted by atomic mass is 16.5. The Morgan fingerprint density at radius 1 is 1.04 bits per heavy atom. The van der Waals surface area contributed by atoms with Gasteiger partial charge >= 0.3 is 0 Å². The van der Waals surface area contributed by atoms with E-state index in [0.29, 0.717) is 12.3 Å². The highest BCUT2D eigenvalue weighted by Crippen LogP contribution is 2.27. The first-order valence-corrected chi connectivity index (χ1v) is 9.12. The molecule has 2 amide bonds. The second-order valence-corrected chi connectivity index (χ2v) is 6.39. The molecule has 0 bridgehead atoms. The Bertz CT molecular complexity index is 787. The van der Waals surface area contributed by atoms with Crippen LogP contribution >= 0.6 is 0 Å². The summed E-state index contributed by atoms with van der Waals surface area (Å²) in [6.45, 7) is 2.76. The number of benzene rings is 2. The Morgan fingerprint density at radius 2 is 1.70 bits per heavy atom. The largest absolute Gasteiger partial charge is 0.497 e. The maximum atomic E-state index is 12.7. The fourth-order valence-electron chi connectivity index (χ4n) is 2.93. The van der Waals surface area contributed by atoms with Crippen molar-refractivity contribution in [1.82, 2.24) is 0 Å². The van der Waals surface area contributed by atoms with Crippen molar-refractivity contribution in [2.75, 3.05) is 23.9 Å². The van der Waals surface area contributed by atoms with Gasteiger partial charge in [-0.2, -0.15) is 0 Å². The van der Waals surface area contributed by atoms with Crippen LogP contribution in [-0.2, 0) is 9.59 Å². The molecule has 27 heavy (non-hydrogen) atoms. The molecule has 0 radical (unpaired) electrons. The molecule has 0 aromatic heterocycles. The van der Waals surface area contributed by atoms with Crippen molar-refractivity contribution in [2.45, 2.75) is 32.2 Å². The number of ether oxygens (including phenoxy) is 2. The summed E-state index contributed by atoms with van der Waals surface area (Å²) in [5.41, 5.74) is 1.33. The van der Waals surface area contributed by atoms with Gasteiger partial charge in [0, 0.05) is 5.69 Å². The summed E-state index contributed by atoms with van der Waals surface area (Å²) < 4.78 is 10.8. The number of carbonyl (C=O) groups excluding carboxylic acids is 2. The fourth-order valence-corrected chi connectivity index (χ4v) is 2.93. The van der Waals surface area contributed by atoms with Crippen LogP contribution in [0.5, 0.6) is 11.5 Å². The third-order valence-corrected chi connectivity index (χ3v) is 4.44. The lowest BCUT2D eigenvalue weighted by Gasteiger charge is -2.17. The van der Waals surface area contributed by atoms with Gasteiger partial charge in [0.1, 0.15) is 17.5 Å². The van der Waals surface area contributed by atoms with Crippen LogP contribution < -0.4 is 19.7 Å². The number of rotatable bonds is 8. The minimum absolute atomic E-state index is 0.125. The molecular weight excluding hydrogens is 344 g/mol. The molecule has 3 rings (SSSR count). The molecule has 0 spiro atoms. The molecule has 142 valence electrons. The van der Waals surface area contributed by atoms with Gasteiger partial charge in [-0.15, -0.1) is 0 Å². The number of hydrogen-bond acceptors (Lipinski definition) is 5. The molecule has 6 nitrogen and oxygen atoms in total. The lowest BCUT2D eigenvalue weighted by atomic mass is 10.2. The lowest BCUT2D eigenvalue weighted by Crippen LogP contribution is -2.34. The predicted octanol–water partition coefficient (Wildman–Crippen LogP) is 3.62. The average molecular weight is 368 g/mol. The number of imide groups is 1.